The van der Waals surface area contributed by atoms with Gasteiger partial charge in [0.05, 0.1) is 25.6 Å². The van der Waals surface area contributed by atoms with Crippen LogP contribution in [-0.4, -0.2) is 58.7 Å². The standard InChI is InChI=1S/C17H26N6O2/c1-12-5-3-4-6-13(12)25-8-7-18-14(24)9-23(2)17-15-16(20-10-19-15)21-11-22-17/h10-13H,3-9H2,1-2H3,(H,18,24)(H,19,20,21,22)/t12-,13-/m1/s1. The smallest absolute Gasteiger partial charge is 0.239 e. The zero-order valence-corrected chi connectivity index (χ0v) is 14.9. The van der Waals surface area contributed by atoms with Gasteiger partial charge in [0, 0.05) is 13.6 Å². The Bertz CT molecular complexity index is 703. The molecule has 1 fully saturated rings. The number of carbonyl (C=O) groups is 1. The fraction of sp³-hybridized carbons (Fsp3) is 0.647. The molecule has 1 aliphatic carbocycles. The van der Waals surface area contributed by atoms with E-state index in [0.29, 0.717) is 36.6 Å². The van der Waals surface area contributed by atoms with E-state index in [1.807, 2.05) is 7.05 Å². The number of amides is 1. The first-order valence-electron chi connectivity index (χ1n) is 8.88. The molecule has 0 radical (unpaired) electrons. The number of H-pyrrole nitrogens is 1. The van der Waals surface area contributed by atoms with Gasteiger partial charge < -0.3 is 19.9 Å². The molecular weight excluding hydrogens is 320 g/mol. The van der Waals surface area contributed by atoms with Crippen LogP contribution in [0.5, 0.6) is 0 Å². The SMILES string of the molecule is C[C@@H]1CCCC[C@H]1OCCNC(=O)CN(C)c1ncnc2nc[nH]c12. The lowest BCUT2D eigenvalue weighted by atomic mass is 9.88. The van der Waals surface area contributed by atoms with Crippen LogP contribution in [0, 0.1) is 5.92 Å². The molecule has 2 aromatic heterocycles. The normalized spacial score (nSPS) is 20.6. The van der Waals surface area contributed by atoms with Crippen LogP contribution < -0.4 is 10.2 Å². The summed E-state index contributed by atoms with van der Waals surface area (Å²) in [6.45, 7) is 3.54. The molecule has 3 rings (SSSR count). The topological polar surface area (TPSA) is 96.0 Å². The maximum Gasteiger partial charge on any atom is 0.239 e. The van der Waals surface area contributed by atoms with Crippen molar-refractivity contribution in [2.45, 2.75) is 38.7 Å². The first kappa shape index (κ1) is 17.6. The first-order chi connectivity index (χ1) is 12.1. The van der Waals surface area contributed by atoms with E-state index in [-0.39, 0.29) is 12.5 Å². The number of fused-ring (bicyclic) bond motifs is 1. The summed E-state index contributed by atoms with van der Waals surface area (Å²) in [5, 5.41) is 2.90. The maximum absolute atomic E-state index is 12.1. The number of ether oxygens (including phenoxy) is 1. The molecule has 1 saturated carbocycles. The van der Waals surface area contributed by atoms with E-state index in [1.165, 1.54) is 25.6 Å². The summed E-state index contributed by atoms with van der Waals surface area (Å²) >= 11 is 0. The van der Waals surface area contributed by atoms with Crippen LogP contribution in [0.1, 0.15) is 32.6 Å². The van der Waals surface area contributed by atoms with Gasteiger partial charge in [-0.25, -0.2) is 15.0 Å². The number of nitrogens with one attached hydrogen (secondary N) is 2. The van der Waals surface area contributed by atoms with Crippen molar-refractivity contribution in [2.75, 3.05) is 31.6 Å². The number of hydrogen-bond donors (Lipinski definition) is 2. The van der Waals surface area contributed by atoms with Crippen LogP contribution in [-0.2, 0) is 9.53 Å². The lowest BCUT2D eigenvalue weighted by Gasteiger charge is -2.28. The Morgan fingerprint density at radius 3 is 3.04 bits per heavy atom. The fourth-order valence-electron chi connectivity index (χ4n) is 3.32. The van der Waals surface area contributed by atoms with Crippen molar-refractivity contribution in [3.8, 4) is 0 Å². The molecule has 25 heavy (non-hydrogen) atoms. The van der Waals surface area contributed by atoms with Gasteiger partial charge in [-0.05, 0) is 18.8 Å². The quantitative estimate of drug-likeness (QED) is 0.738. The van der Waals surface area contributed by atoms with Crippen LogP contribution >= 0.6 is 0 Å². The summed E-state index contributed by atoms with van der Waals surface area (Å²) in [5.74, 6) is 1.21. The molecule has 2 N–H and O–H groups in total. The summed E-state index contributed by atoms with van der Waals surface area (Å²) < 4.78 is 5.92. The highest BCUT2D eigenvalue weighted by atomic mass is 16.5. The van der Waals surface area contributed by atoms with Crippen LogP contribution in [0.15, 0.2) is 12.7 Å². The lowest BCUT2D eigenvalue weighted by molar-refractivity contribution is -0.120. The summed E-state index contributed by atoms with van der Waals surface area (Å²) in [6.07, 6.45) is 8.27. The number of hydrogen-bond acceptors (Lipinski definition) is 6. The zero-order valence-electron chi connectivity index (χ0n) is 14.9. The molecule has 8 nitrogen and oxygen atoms in total. The number of aromatic amines is 1. The Kier molecular flexibility index (Phi) is 5.80. The Labute approximate surface area is 147 Å². The number of carbonyl (C=O) groups excluding carboxylic acids is 1. The second-order valence-corrected chi connectivity index (χ2v) is 6.68. The van der Waals surface area contributed by atoms with Crippen molar-refractivity contribution in [1.29, 1.82) is 0 Å². The second-order valence-electron chi connectivity index (χ2n) is 6.68. The van der Waals surface area contributed by atoms with Crippen LogP contribution in [0.3, 0.4) is 0 Å². The average Bonchev–Trinajstić information content (AvgIpc) is 3.08. The van der Waals surface area contributed by atoms with Gasteiger partial charge in [0.15, 0.2) is 11.5 Å². The molecule has 0 unspecified atom stereocenters. The summed E-state index contributed by atoms with van der Waals surface area (Å²) in [6, 6.07) is 0. The van der Waals surface area contributed by atoms with Crippen molar-refractivity contribution in [1.82, 2.24) is 25.3 Å². The van der Waals surface area contributed by atoms with Crippen molar-refractivity contribution in [3.63, 3.8) is 0 Å². The monoisotopic (exact) mass is 346 g/mol. The van der Waals surface area contributed by atoms with Crippen molar-refractivity contribution >= 4 is 22.9 Å². The highest BCUT2D eigenvalue weighted by molar-refractivity contribution is 5.86. The van der Waals surface area contributed by atoms with Crippen LogP contribution in [0.25, 0.3) is 11.2 Å². The van der Waals surface area contributed by atoms with Crippen LogP contribution in [0.4, 0.5) is 5.82 Å². The largest absolute Gasteiger partial charge is 0.376 e. The molecule has 0 bridgehead atoms. The number of aromatic nitrogens is 4. The molecule has 0 spiro atoms. The molecule has 0 saturated heterocycles. The molecule has 2 heterocycles. The van der Waals surface area contributed by atoms with Gasteiger partial charge in [0.1, 0.15) is 11.8 Å². The van der Waals surface area contributed by atoms with Gasteiger partial charge in [0.25, 0.3) is 0 Å². The van der Waals surface area contributed by atoms with Gasteiger partial charge in [-0.1, -0.05) is 19.8 Å². The van der Waals surface area contributed by atoms with E-state index in [0.717, 1.165) is 11.9 Å². The van der Waals surface area contributed by atoms with E-state index in [1.54, 1.807) is 11.2 Å². The zero-order chi connectivity index (χ0) is 17.6. The van der Waals surface area contributed by atoms with Gasteiger partial charge in [-0.3, -0.25) is 4.79 Å². The Morgan fingerprint density at radius 2 is 2.20 bits per heavy atom. The van der Waals surface area contributed by atoms with Crippen molar-refractivity contribution < 1.29 is 9.53 Å². The van der Waals surface area contributed by atoms with Crippen LogP contribution in [0.2, 0.25) is 0 Å². The van der Waals surface area contributed by atoms with Gasteiger partial charge in [-0.15, -0.1) is 0 Å². The minimum absolute atomic E-state index is 0.0610. The third-order valence-corrected chi connectivity index (χ3v) is 4.73. The van der Waals surface area contributed by atoms with E-state index in [9.17, 15) is 4.79 Å². The first-order valence-corrected chi connectivity index (χ1v) is 8.88. The molecule has 0 aromatic carbocycles. The minimum atomic E-state index is -0.0610. The highest BCUT2D eigenvalue weighted by Crippen LogP contribution is 2.26. The lowest BCUT2D eigenvalue weighted by Crippen LogP contribution is -2.38. The maximum atomic E-state index is 12.1. The summed E-state index contributed by atoms with van der Waals surface area (Å²) in [7, 11) is 1.82. The summed E-state index contributed by atoms with van der Waals surface area (Å²) in [4.78, 5) is 29.3. The predicted molar refractivity (Wildman–Crippen MR) is 95.3 cm³/mol. The Hall–Kier alpha value is -2.22. The highest BCUT2D eigenvalue weighted by Gasteiger charge is 2.21. The Morgan fingerprint density at radius 1 is 1.36 bits per heavy atom. The molecular formula is C17H26N6O2. The molecule has 1 aliphatic rings. The molecule has 2 atom stereocenters. The van der Waals surface area contributed by atoms with E-state index in [4.69, 9.17) is 4.74 Å². The number of likely N-dealkylation sites (N-methyl/N-ethyl adjacent to an activating group) is 1. The molecule has 8 heteroatoms. The third-order valence-electron chi connectivity index (χ3n) is 4.73. The van der Waals surface area contributed by atoms with Gasteiger partial charge in [0.2, 0.25) is 5.91 Å². The van der Waals surface area contributed by atoms with E-state index < -0.39 is 0 Å². The Balaban J connectivity index is 1.42. The number of imidazole rings is 1. The minimum Gasteiger partial charge on any atom is -0.376 e. The third kappa shape index (κ3) is 4.45. The van der Waals surface area contributed by atoms with E-state index in [2.05, 4.69) is 32.2 Å². The van der Waals surface area contributed by atoms with Gasteiger partial charge >= 0.3 is 0 Å². The number of anilines is 1. The number of nitrogens with zero attached hydrogens (tertiary/aromatic N) is 4. The fourth-order valence-corrected chi connectivity index (χ4v) is 3.32. The van der Waals surface area contributed by atoms with E-state index >= 15 is 0 Å². The average molecular weight is 346 g/mol. The molecule has 2 aromatic rings. The molecule has 1 amide bonds. The molecule has 0 aliphatic heterocycles. The second kappa shape index (κ2) is 8.24. The van der Waals surface area contributed by atoms with Crippen molar-refractivity contribution in [2.24, 2.45) is 5.92 Å². The van der Waals surface area contributed by atoms with Crippen molar-refractivity contribution in [3.05, 3.63) is 12.7 Å². The summed E-state index contributed by atoms with van der Waals surface area (Å²) in [5.41, 5.74) is 1.32. The van der Waals surface area contributed by atoms with Gasteiger partial charge in [-0.2, -0.15) is 0 Å². The molecule has 136 valence electrons. The number of rotatable bonds is 7. The predicted octanol–water partition coefficient (Wildman–Crippen LogP) is 1.50.